The van der Waals surface area contributed by atoms with Gasteiger partial charge in [-0.05, 0) is 43.4 Å². The molecular formula is C16H23NO2. The van der Waals surface area contributed by atoms with Gasteiger partial charge in [0, 0.05) is 12.6 Å². The highest BCUT2D eigenvalue weighted by molar-refractivity contribution is 5.27. The average molecular weight is 261 g/mol. The van der Waals surface area contributed by atoms with Gasteiger partial charge in [0.15, 0.2) is 0 Å². The van der Waals surface area contributed by atoms with E-state index in [1.807, 2.05) is 12.1 Å². The molecule has 1 aliphatic carbocycles. The van der Waals surface area contributed by atoms with Gasteiger partial charge in [0.25, 0.3) is 0 Å². The van der Waals surface area contributed by atoms with Crippen LogP contribution in [0.4, 0.5) is 0 Å². The van der Waals surface area contributed by atoms with Crippen molar-refractivity contribution >= 4 is 0 Å². The Bertz CT molecular complexity index is 380. The highest BCUT2D eigenvalue weighted by atomic mass is 16.5. The average Bonchev–Trinajstić information content (AvgIpc) is 2.46. The van der Waals surface area contributed by atoms with Crippen LogP contribution < -0.4 is 10.1 Å². The SMILES string of the molecule is C=CCOc1ccc(CNC2CCC(O)CC2)cc1. The molecule has 0 aromatic heterocycles. The van der Waals surface area contributed by atoms with Crippen LogP contribution in [0.25, 0.3) is 0 Å². The van der Waals surface area contributed by atoms with Gasteiger partial charge in [-0.3, -0.25) is 0 Å². The second-order valence-corrected chi connectivity index (χ2v) is 5.13. The van der Waals surface area contributed by atoms with Gasteiger partial charge in [-0.1, -0.05) is 24.8 Å². The lowest BCUT2D eigenvalue weighted by Crippen LogP contribution is -2.34. The molecule has 0 heterocycles. The van der Waals surface area contributed by atoms with E-state index in [-0.39, 0.29) is 6.10 Å². The fraction of sp³-hybridized carbons (Fsp3) is 0.500. The van der Waals surface area contributed by atoms with E-state index in [1.54, 1.807) is 6.08 Å². The lowest BCUT2D eigenvalue weighted by molar-refractivity contribution is 0.116. The van der Waals surface area contributed by atoms with Crippen LogP contribution in [0.1, 0.15) is 31.2 Å². The summed E-state index contributed by atoms with van der Waals surface area (Å²) in [5.41, 5.74) is 1.26. The van der Waals surface area contributed by atoms with Crippen LogP contribution in [0.3, 0.4) is 0 Å². The molecule has 0 aliphatic heterocycles. The molecule has 0 amide bonds. The van der Waals surface area contributed by atoms with Crippen molar-refractivity contribution in [2.75, 3.05) is 6.61 Å². The van der Waals surface area contributed by atoms with Gasteiger partial charge in [-0.2, -0.15) is 0 Å². The van der Waals surface area contributed by atoms with Crippen LogP contribution in [0, 0.1) is 0 Å². The number of hydrogen-bond donors (Lipinski definition) is 2. The molecule has 0 bridgehead atoms. The zero-order chi connectivity index (χ0) is 13.5. The summed E-state index contributed by atoms with van der Waals surface area (Å²) < 4.78 is 5.45. The van der Waals surface area contributed by atoms with E-state index in [0.29, 0.717) is 12.6 Å². The molecule has 0 atom stereocenters. The molecule has 0 saturated heterocycles. The molecule has 2 N–H and O–H groups in total. The minimum Gasteiger partial charge on any atom is -0.490 e. The summed E-state index contributed by atoms with van der Waals surface area (Å²) in [6.07, 6.45) is 5.65. The third-order valence-electron chi connectivity index (χ3n) is 3.58. The zero-order valence-electron chi connectivity index (χ0n) is 11.3. The summed E-state index contributed by atoms with van der Waals surface area (Å²) in [5.74, 6) is 0.879. The highest BCUT2D eigenvalue weighted by Gasteiger charge is 2.18. The van der Waals surface area contributed by atoms with Gasteiger partial charge < -0.3 is 15.2 Å². The van der Waals surface area contributed by atoms with Gasteiger partial charge in [0.05, 0.1) is 6.10 Å². The largest absolute Gasteiger partial charge is 0.490 e. The van der Waals surface area contributed by atoms with Crippen LogP contribution >= 0.6 is 0 Å². The third kappa shape index (κ3) is 4.69. The Morgan fingerprint density at radius 1 is 1.21 bits per heavy atom. The molecule has 2 rings (SSSR count). The van der Waals surface area contributed by atoms with Gasteiger partial charge in [-0.25, -0.2) is 0 Å². The monoisotopic (exact) mass is 261 g/mol. The molecule has 0 radical (unpaired) electrons. The van der Waals surface area contributed by atoms with E-state index in [1.165, 1.54) is 5.56 Å². The number of benzene rings is 1. The van der Waals surface area contributed by atoms with E-state index in [2.05, 4.69) is 24.0 Å². The Morgan fingerprint density at radius 3 is 2.53 bits per heavy atom. The van der Waals surface area contributed by atoms with Gasteiger partial charge in [0.2, 0.25) is 0 Å². The number of aliphatic hydroxyl groups is 1. The summed E-state index contributed by atoms with van der Waals surface area (Å²) >= 11 is 0. The predicted molar refractivity (Wildman–Crippen MR) is 77.2 cm³/mol. The highest BCUT2D eigenvalue weighted by Crippen LogP contribution is 2.19. The van der Waals surface area contributed by atoms with Crippen molar-refractivity contribution in [1.82, 2.24) is 5.32 Å². The van der Waals surface area contributed by atoms with Crippen molar-refractivity contribution in [2.45, 2.75) is 44.4 Å². The quantitative estimate of drug-likeness (QED) is 0.774. The Balaban J connectivity index is 1.75. The number of aliphatic hydroxyl groups excluding tert-OH is 1. The molecular weight excluding hydrogens is 238 g/mol. The van der Waals surface area contributed by atoms with E-state index < -0.39 is 0 Å². The molecule has 1 aromatic rings. The third-order valence-corrected chi connectivity index (χ3v) is 3.58. The second-order valence-electron chi connectivity index (χ2n) is 5.13. The maximum Gasteiger partial charge on any atom is 0.119 e. The number of rotatable bonds is 6. The molecule has 0 spiro atoms. The van der Waals surface area contributed by atoms with Gasteiger partial charge in [0.1, 0.15) is 12.4 Å². The number of ether oxygens (including phenoxy) is 1. The Morgan fingerprint density at radius 2 is 1.89 bits per heavy atom. The molecule has 1 aromatic carbocycles. The molecule has 3 nitrogen and oxygen atoms in total. The van der Waals surface area contributed by atoms with Crippen molar-refractivity contribution in [3.05, 3.63) is 42.5 Å². The Labute approximate surface area is 115 Å². The molecule has 1 saturated carbocycles. The zero-order valence-corrected chi connectivity index (χ0v) is 11.3. The Kier molecular flexibility index (Phi) is 5.43. The minimum absolute atomic E-state index is 0.0839. The van der Waals surface area contributed by atoms with E-state index in [9.17, 15) is 5.11 Å². The van der Waals surface area contributed by atoms with Gasteiger partial charge in [-0.15, -0.1) is 0 Å². The first kappa shape index (κ1) is 14.1. The van der Waals surface area contributed by atoms with Crippen LogP contribution in [-0.4, -0.2) is 23.9 Å². The molecule has 1 fully saturated rings. The maximum atomic E-state index is 9.46. The summed E-state index contributed by atoms with van der Waals surface area (Å²) in [4.78, 5) is 0. The van der Waals surface area contributed by atoms with Crippen molar-refractivity contribution in [2.24, 2.45) is 0 Å². The smallest absolute Gasteiger partial charge is 0.119 e. The maximum absolute atomic E-state index is 9.46. The van der Waals surface area contributed by atoms with Crippen LogP contribution in [0.15, 0.2) is 36.9 Å². The lowest BCUT2D eigenvalue weighted by Gasteiger charge is -2.26. The summed E-state index contributed by atoms with van der Waals surface area (Å²) in [5, 5.41) is 13.0. The molecule has 104 valence electrons. The minimum atomic E-state index is -0.0839. The topological polar surface area (TPSA) is 41.5 Å². The fourth-order valence-electron chi connectivity index (χ4n) is 2.40. The lowest BCUT2D eigenvalue weighted by atomic mass is 9.93. The first-order chi connectivity index (χ1) is 9.28. The van der Waals surface area contributed by atoms with Crippen molar-refractivity contribution in [1.29, 1.82) is 0 Å². The second kappa shape index (κ2) is 7.31. The van der Waals surface area contributed by atoms with E-state index in [0.717, 1.165) is 38.0 Å². The van der Waals surface area contributed by atoms with E-state index in [4.69, 9.17) is 4.74 Å². The van der Waals surface area contributed by atoms with Crippen molar-refractivity contribution in [3.63, 3.8) is 0 Å². The molecule has 19 heavy (non-hydrogen) atoms. The normalized spacial score (nSPS) is 23.0. The van der Waals surface area contributed by atoms with Crippen molar-refractivity contribution in [3.8, 4) is 5.75 Å². The standard InChI is InChI=1S/C16H23NO2/c1-2-11-19-16-9-3-13(4-10-16)12-17-14-5-7-15(18)8-6-14/h2-4,9-10,14-15,17-18H,1,5-8,11-12H2. The van der Waals surface area contributed by atoms with E-state index >= 15 is 0 Å². The van der Waals surface area contributed by atoms with Crippen LogP contribution in [0.2, 0.25) is 0 Å². The molecule has 1 aliphatic rings. The number of hydrogen-bond acceptors (Lipinski definition) is 3. The van der Waals surface area contributed by atoms with Crippen LogP contribution in [0.5, 0.6) is 5.75 Å². The fourth-order valence-corrected chi connectivity index (χ4v) is 2.40. The van der Waals surface area contributed by atoms with Gasteiger partial charge >= 0.3 is 0 Å². The van der Waals surface area contributed by atoms with Crippen molar-refractivity contribution < 1.29 is 9.84 Å². The summed E-state index contributed by atoms with van der Waals surface area (Å²) in [6.45, 7) is 5.05. The molecule has 3 heteroatoms. The first-order valence-corrected chi connectivity index (χ1v) is 7.02. The number of nitrogens with one attached hydrogen (secondary N) is 1. The first-order valence-electron chi connectivity index (χ1n) is 7.02. The van der Waals surface area contributed by atoms with Crippen LogP contribution in [-0.2, 0) is 6.54 Å². The summed E-state index contributed by atoms with van der Waals surface area (Å²) in [7, 11) is 0. The Hall–Kier alpha value is -1.32. The predicted octanol–water partition coefficient (Wildman–Crippen LogP) is 2.64. The molecule has 0 unspecified atom stereocenters. The summed E-state index contributed by atoms with van der Waals surface area (Å²) in [6, 6.07) is 8.70.